The maximum Gasteiger partial charge on any atom is 0.311 e. The molecule has 2 N–H and O–H groups in total. The number of carboxylic acid groups (broad SMARTS) is 1. The molecule has 9 nitrogen and oxygen atoms in total. The highest BCUT2D eigenvalue weighted by atomic mass is 32.1. The van der Waals surface area contributed by atoms with Crippen molar-refractivity contribution in [3.8, 4) is 5.75 Å². The molecule has 0 radical (unpaired) electrons. The second-order valence-electron chi connectivity index (χ2n) is 5.37. The molecule has 1 amide bonds. The largest absolute Gasteiger partial charge is 0.545 e. The van der Waals surface area contributed by atoms with Gasteiger partial charge < -0.3 is 20.0 Å². The molecule has 10 heteroatoms. The SMILES string of the molecule is COc1ccc(C(=O)NC(=S)Nc2cc(C(=O)[O-])ccc2C)cc1[N+](=O)[O-]. The van der Waals surface area contributed by atoms with E-state index in [1.807, 2.05) is 0 Å². The van der Waals surface area contributed by atoms with E-state index in [2.05, 4.69) is 10.6 Å². The van der Waals surface area contributed by atoms with Gasteiger partial charge >= 0.3 is 5.69 Å². The van der Waals surface area contributed by atoms with Crippen LogP contribution in [0, 0.1) is 17.0 Å². The Hall–Kier alpha value is -3.53. The van der Waals surface area contributed by atoms with Gasteiger partial charge in [0.25, 0.3) is 5.91 Å². The Morgan fingerprint density at radius 3 is 2.41 bits per heavy atom. The number of nitrogens with one attached hydrogen (secondary N) is 2. The summed E-state index contributed by atoms with van der Waals surface area (Å²) in [5.74, 6) is -2.00. The predicted molar refractivity (Wildman–Crippen MR) is 98.8 cm³/mol. The predicted octanol–water partition coefficient (Wildman–Crippen LogP) is 1.40. The molecule has 0 aliphatic carbocycles. The molecule has 0 heterocycles. The summed E-state index contributed by atoms with van der Waals surface area (Å²) in [6.45, 7) is 1.72. The van der Waals surface area contributed by atoms with Crippen LogP contribution in [0.4, 0.5) is 11.4 Å². The number of hydrogen-bond donors (Lipinski definition) is 2. The third kappa shape index (κ3) is 4.76. The summed E-state index contributed by atoms with van der Waals surface area (Å²) in [5, 5.41) is 27.0. The lowest BCUT2D eigenvalue weighted by molar-refractivity contribution is -0.385. The van der Waals surface area contributed by atoms with Gasteiger partial charge in [-0.1, -0.05) is 12.1 Å². The lowest BCUT2D eigenvalue weighted by Crippen LogP contribution is -2.34. The van der Waals surface area contributed by atoms with Gasteiger partial charge in [0.05, 0.1) is 18.0 Å². The van der Waals surface area contributed by atoms with E-state index in [1.165, 1.54) is 31.4 Å². The van der Waals surface area contributed by atoms with Crippen molar-refractivity contribution in [1.82, 2.24) is 5.32 Å². The van der Waals surface area contributed by atoms with E-state index in [1.54, 1.807) is 13.0 Å². The van der Waals surface area contributed by atoms with Gasteiger partial charge in [-0.3, -0.25) is 20.2 Å². The average molecular weight is 388 g/mol. The number of hydrogen-bond acceptors (Lipinski definition) is 7. The van der Waals surface area contributed by atoms with Crippen LogP contribution in [0.5, 0.6) is 5.75 Å². The minimum atomic E-state index is -1.35. The first kappa shape index (κ1) is 19.8. The molecule has 2 aromatic rings. The van der Waals surface area contributed by atoms with Gasteiger partial charge in [-0.25, -0.2) is 0 Å². The fourth-order valence-electron chi connectivity index (χ4n) is 2.19. The zero-order valence-corrected chi connectivity index (χ0v) is 15.1. The first-order chi connectivity index (χ1) is 12.7. The highest BCUT2D eigenvalue weighted by molar-refractivity contribution is 7.80. The molecular formula is C17H14N3O6S-. The summed E-state index contributed by atoms with van der Waals surface area (Å²) in [4.78, 5) is 33.6. The molecule has 0 atom stereocenters. The fourth-order valence-corrected chi connectivity index (χ4v) is 2.39. The van der Waals surface area contributed by atoms with Gasteiger partial charge in [-0.2, -0.15) is 0 Å². The molecule has 2 aromatic carbocycles. The minimum Gasteiger partial charge on any atom is -0.545 e. The van der Waals surface area contributed by atoms with Crippen LogP contribution in [0.2, 0.25) is 0 Å². The quantitative estimate of drug-likeness (QED) is 0.446. The number of thiocarbonyl (C=S) groups is 1. The number of aromatic carboxylic acids is 1. The molecule has 0 unspecified atom stereocenters. The van der Waals surface area contributed by atoms with Crippen molar-refractivity contribution in [2.45, 2.75) is 6.92 Å². The first-order valence-corrected chi connectivity index (χ1v) is 7.90. The van der Waals surface area contributed by atoms with Crippen molar-refractivity contribution in [3.63, 3.8) is 0 Å². The van der Waals surface area contributed by atoms with Crippen LogP contribution in [0.3, 0.4) is 0 Å². The van der Waals surface area contributed by atoms with Gasteiger partial charge in [0.15, 0.2) is 10.9 Å². The van der Waals surface area contributed by atoms with E-state index < -0.39 is 16.8 Å². The van der Waals surface area contributed by atoms with Crippen molar-refractivity contribution in [2.75, 3.05) is 12.4 Å². The number of benzene rings is 2. The molecule has 27 heavy (non-hydrogen) atoms. The third-order valence-electron chi connectivity index (χ3n) is 3.59. The summed E-state index contributed by atoms with van der Waals surface area (Å²) in [6, 6.07) is 7.99. The number of nitro benzene ring substituents is 1. The number of carboxylic acids is 1. The maximum absolute atomic E-state index is 12.3. The van der Waals surface area contributed by atoms with Gasteiger partial charge in [0, 0.05) is 17.3 Å². The van der Waals surface area contributed by atoms with Gasteiger partial charge in [0.1, 0.15) is 0 Å². The van der Waals surface area contributed by atoms with Crippen molar-refractivity contribution in [3.05, 3.63) is 63.2 Å². The average Bonchev–Trinajstić information content (AvgIpc) is 2.62. The number of carbonyl (C=O) groups is 2. The molecule has 2 rings (SSSR count). The maximum atomic E-state index is 12.3. The van der Waals surface area contributed by atoms with Crippen molar-refractivity contribution < 1.29 is 24.4 Å². The standard InChI is InChI=1S/C17H15N3O6S/c1-9-3-4-11(16(22)23)7-12(9)18-17(27)19-15(21)10-5-6-14(26-2)13(8-10)20(24)25/h3-8H,1-2H3,(H,22,23)(H2,18,19,21,27)/p-1. The lowest BCUT2D eigenvalue weighted by atomic mass is 10.1. The fraction of sp³-hybridized carbons (Fsp3) is 0.118. The highest BCUT2D eigenvalue weighted by Crippen LogP contribution is 2.27. The minimum absolute atomic E-state index is 0.00635. The Kier molecular flexibility index (Phi) is 6.03. The Morgan fingerprint density at radius 1 is 1.15 bits per heavy atom. The molecule has 0 aliphatic heterocycles. The van der Waals surface area contributed by atoms with Crippen LogP contribution in [0.25, 0.3) is 0 Å². The van der Waals surface area contributed by atoms with E-state index in [4.69, 9.17) is 17.0 Å². The van der Waals surface area contributed by atoms with Gasteiger partial charge in [0.2, 0.25) is 0 Å². The molecule has 0 saturated carbocycles. The molecule has 0 bridgehead atoms. The van der Waals surface area contributed by atoms with E-state index in [0.29, 0.717) is 11.3 Å². The number of methoxy groups -OCH3 is 1. The molecule has 0 aromatic heterocycles. The summed E-state index contributed by atoms with van der Waals surface area (Å²) >= 11 is 5.05. The van der Waals surface area contributed by atoms with E-state index in [-0.39, 0.29) is 27.7 Å². The topological polar surface area (TPSA) is 134 Å². The Morgan fingerprint density at radius 2 is 1.81 bits per heavy atom. The summed E-state index contributed by atoms with van der Waals surface area (Å²) < 4.78 is 4.88. The Balaban J connectivity index is 2.16. The number of rotatable bonds is 5. The second kappa shape index (κ2) is 8.23. The van der Waals surface area contributed by atoms with Crippen LogP contribution < -0.4 is 20.5 Å². The van der Waals surface area contributed by atoms with Gasteiger partial charge in [-0.15, -0.1) is 0 Å². The number of ether oxygens (including phenoxy) is 1. The molecule has 0 aliphatic rings. The second-order valence-corrected chi connectivity index (χ2v) is 5.78. The Bertz CT molecular complexity index is 944. The number of amides is 1. The highest BCUT2D eigenvalue weighted by Gasteiger charge is 2.18. The number of nitrogens with zero attached hydrogens (tertiary/aromatic N) is 1. The van der Waals surface area contributed by atoms with Crippen LogP contribution in [0.15, 0.2) is 36.4 Å². The normalized spacial score (nSPS) is 10.0. The smallest absolute Gasteiger partial charge is 0.311 e. The summed E-state index contributed by atoms with van der Waals surface area (Å²) in [5.41, 5.74) is 0.663. The van der Waals surface area contributed by atoms with Crippen LogP contribution in [0.1, 0.15) is 26.3 Å². The third-order valence-corrected chi connectivity index (χ3v) is 3.79. The van der Waals surface area contributed by atoms with Crippen molar-refractivity contribution >= 4 is 40.6 Å². The number of anilines is 1. The molecule has 0 spiro atoms. The van der Waals surface area contributed by atoms with E-state index in [9.17, 15) is 24.8 Å². The zero-order valence-electron chi connectivity index (χ0n) is 14.3. The zero-order chi connectivity index (χ0) is 20.1. The molecule has 0 saturated heterocycles. The summed E-state index contributed by atoms with van der Waals surface area (Å²) in [7, 11) is 1.28. The molecule has 140 valence electrons. The number of aryl methyl sites for hydroxylation is 1. The molecular weight excluding hydrogens is 374 g/mol. The number of carbonyl (C=O) groups excluding carboxylic acids is 2. The molecule has 0 fully saturated rings. The number of nitro groups is 1. The Labute approximate surface area is 159 Å². The van der Waals surface area contributed by atoms with E-state index >= 15 is 0 Å². The summed E-state index contributed by atoms with van der Waals surface area (Å²) in [6.07, 6.45) is 0. The monoisotopic (exact) mass is 388 g/mol. The lowest BCUT2D eigenvalue weighted by Gasteiger charge is -2.13. The first-order valence-electron chi connectivity index (χ1n) is 7.49. The van der Waals surface area contributed by atoms with Crippen LogP contribution in [-0.2, 0) is 0 Å². The van der Waals surface area contributed by atoms with Gasteiger partial charge in [-0.05, 0) is 48.5 Å². The van der Waals surface area contributed by atoms with Crippen LogP contribution in [-0.4, -0.2) is 29.0 Å². The van der Waals surface area contributed by atoms with Crippen molar-refractivity contribution in [1.29, 1.82) is 0 Å². The van der Waals surface area contributed by atoms with E-state index in [0.717, 1.165) is 6.07 Å². The van der Waals surface area contributed by atoms with Crippen LogP contribution >= 0.6 is 12.2 Å². The van der Waals surface area contributed by atoms with Crippen molar-refractivity contribution in [2.24, 2.45) is 0 Å².